The molecule has 0 aromatic heterocycles. The monoisotopic (exact) mass is 379 g/mol. The molecule has 2 aromatic rings. The lowest BCUT2D eigenvalue weighted by molar-refractivity contribution is -0.140. The summed E-state index contributed by atoms with van der Waals surface area (Å²) in [6, 6.07) is 12.0. The summed E-state index contributed by atoms with van der Waals surface area (Å²) in [5.41, 5.74) is 2.59. The van der Waals surface area contributed by atoms with E-state index in [1.54, 1.807) is 49.4 Å². The van der Waals surface area contributed by atoms with Gasteiger partial charge in [-0.2, -0.15) is 0 Å². The Bertz CT molecular complexity index is 948. The maximum absolute atomic E-state index is 12.9. The third kappa shape index (κ3) is 4.02. The topological polar surface area (TPSA) is 81.7 Å². The van der Waals surface area contributed by atoms with E-state index in [4.69, 9.17) is 9.47 Å². The van der Waals surface area contributed by atoms with Gasteiger partial charge in [0.05, 0.1) is 18.8 Å². The van der Waals surface area contributed by atoms with Gasteiger partial charge in [-0.15, -0.1) is 0 Å². The maximum Gasteiger partial charge on any atom is 0.333 e. The Labute approximate surface area is 163 Å². The third-order valence-corrected chi connectivity index (χ3v) is 4.32. The number of benzene rings is 2. The highest BCUT2D eigenvalue weighted by Crippen LogP contribution is 2.31. The molecule has 6 heteroatoms. The average molecular weight is 379 g/mol. The number of ether oxygens (including phenoxy) is 2. The van der Waals surface area contributed by atoms with Crippen LogP contribution in [0, 0.1) is 0 Å². The highest BCUT2D eigenvalue weighted by Gasteiger charge is 2.31. The van der Waals surface area contributed by atoms with Crippen molar-refractivity contribution in [1.82, 2.24) is 0 Å². The molecule has 1 aliphatic rings. The van der Waals surface area contributed by atoms with Gasteiger partial charge < -0.3 is 14.8 Å². The van der Waals surface area contributed by atoms with Gasteiger partial charge in [-0.3, -0.25) is 9.59 Å². The molecule has 6 nitrogen and oxygen atoms in total. The van der Waals surface area contributed by atoms with E-state index in [-0.39, 0.29) is 24.8 Å². The van der Waals surface area contributed by atoms with Crippen LogP contribution in [0.3, 0.4) is 0 Å². The lowest BCUT2D eigenvalue weighted by Crippen LogP contribution is -2.23. The van der Waals surface area contributed by atoms with E-state index < -0.39 is 5.97 Å². The zero-order chi connectivity index (χ0) is 20.1. The van der Waals surface area contributed by atoms with Gasteiger partial charge in [-0.05, 0) is 13.0 Å². The number of carbonyl (C=O) groups is 3. The van der Waals surface area contributed by atoms with Crippen molar-refractivity contribution in [2.75, 3.05) is 31.7 Å². The van der Waals surface area contributed by atoms with Gasteiger partial charge in [0.25, 0.3) is 0 Å². The number of carbonyl (C=O) groups excluding carboxylic acids is 3. The molecular formula is C22H21NO5. The third-order valence-electron chi connectivity index (χ3n) is 4.32. The van der Waals surface area contributed by atoms with Gasteiger partial charge in [-0.1, -0.05) is 43.0 Å². The maximum atomic E-state index is 12.9. The number of hydrogen-bond acceptors (Lipinski definition) is 6. The second-order valence-corrected chi connectivity index (χ2v) is 6.39. The zero-order valence-corrected chi connectivity index (χ0v) is 15.6. The fourth-order valence-corrected chi connectivity index (χ4v) is 2.97. The van der Waals surface area contributed by atoms with Crippen LogP contribution in [0.4, 0.5) is 5.69 Å². The van der Waals surface area contributed by atoms with E-state index in [2.05, 4.69) is 11.9 Å². The quantitative estimate of drug-likeness (QED) is 0.368. The summed E-state index contributed by atoms with van der Waals surface area (Å²) in [6.07, 6.45) is 0. The molecule has 0 fully saturated rings. The zero-order valence-electron chi connectivity index (χ0n) is 15.6. The molecule has 0 unspecified atom stereocenters. The Kier molecular flexibility index (Phi) is 6.01. The van der Waals surface area contributed by atoms with Crippen LogP contribution in [0.2, 0.25) is 0 Å². The molecule has 0 spiro atoms. The fraction of sp³-hybridized carbons (Fsp3) is 0.227. The number of rotatable bonds is 8. The highest BCUT2D eigenvalue weighted by molar-refractivity contribution is 6.30. The standard InChI is InChI=1S/C22H21NO5/c1-14(2)22(26)28-13-12-27-11-10-23-18-9-5-8-17-19(18)21(25)16-7-4-3-6-15(16)20(17)24/h3-9,23H,1,10-13H2,2H3. The van der Waals surface area contributed by atoms with Crippen LogP contribution in [0.15, 0.2) is 54.6 Å². The normalized spacial score (nSPS) is 12.2. The van der Waals surface area contributed by atoms with E-state index in [0.29, 0.717) is 46.7 Å². The first-order valence-electron chi connectivity index (χ1n) is 8.96. The molecule has 1 N–H and O–H groups in total. The molecular weight excluding hydrogens is 358 g/mol. The van der Waals surface area contributed by atoms with Crippen LogP contribution in [0.25, 0.3) is 0 Å². The van der Waals surface area contributed by atoms with Crippen molar-refractivity contribution in [3.05, 3.63) is 76.9 Å². The van der Waals surface area contributed by atoms with Gasteiger partial charge in [0.1, 0.15) is 6.61 Å². The Morgan fingerprint density at radius 2 is 1.61 bits per heavy atom. The van der Waals surface area contributed by atoms with Crippen molar-refractivity contribution in [3.63, 3.8) is 0 Å². The molecule has 144 valence electrons. The van der Waals surface area contributed by atoms with Crippen molar-refractivity contribution in [2.24, 2.45) is 0 Å². The van der Waals surface area contributed by atoms with E-state index in [9.17, 15) is 14.4 Å². The first kappa shape index (κ1) is 19.5. The molecule has 0 saturated heterocycles. The molecule has 0 radical (unpaired) electrons. The summed E-state index contributed by atoms with van der Waals surface area (Å²) in [5.74, 6) is -0.758. The summed E-state index contributed by atoms with van der Waals surface area (Å²) in [7, 11) is 0. The van der Waals surface area contributed by atoms with E-state index in [0.717, 1.165) is 0 Å². The van der Waals surface area contributed by atoms with Crippen molar-refractivity contribution in [3.8, 4) is 0 Å². The van der Waals surface area contributed by atoms with Crippen LogP contribution in [0.1, 0.15) is 38.8 Å². The van der Waals surface area contributed by atoms with E-state index in [1.165, 1.54) is 0 Å². The first-order chi connectivity index (χ1) is 13.5. The summed E-state index contributed by atoms with van der Waals surface area (Å²) in [5, 5.41) is 3.15. The van der Waals surface area contributed by atoms with Gasteiger partial charge >= 0.3 is 5.97 Å². The van der Waals surface area contributed by atoms with Crippen molar-refractivity contribution >= 4 is 23.2 Å². The summed E-state index contributed by atoms with van der Waals surface area (Å²) in [6.45, 7) is 6.29. The Hall–Kier alpha value is -3.25. The van der Waals surface area contributed by atoms with Crippen molar-refractivity contribution in [2.45, 2.75) is 6.92 Å². The Morgan fingerprint density at radius 3 is 2.32 bits per heavy atom. The summed E-state index contributed by atoms with van der Waals surface area (Å²) >= 11 is 0. The van der Waals surface area contributed by atoms with Crippen LogP contribution >= 0.6 is 0 Å². The number of esters is 1. The van der Waals surface area contributed by atoms with Crippen LogP contribution in [-0.2, 0) is 14.3 Å². The molecule has 0 bridgehead atoms. The number of ketones is 2. The van der Waals surface area contributed by atoms with Gasteiger partial charge in [0.15, 0.2) is 11.6 Å². The second kappa shape index (κ2) is 8.63. The van der Waals surface area contributed by atoms with Gasteiger partial charge in [0.2, 0.25) is 0 Å². The minimum Gasteiger partial charge on any atom is -0.460 e. The number of hydrogen-bond donors (Lipinski definition) is 1. The van der Waals surface area contributed by atoms with Gasteiger partial charge in [-0.25, -0.2) is 4.79 Å². The van der Waals surface area contributed by atoms with Crippen molar-refractivity contribution in [1.29, 1.82) is 0 Å². The first-order valence-corrected chi connectivity index (χ1v) is 8.96. The predicted molar refractivity (Wildman–Crippen MR) is 105 cm³/mol. The minimum atomic E-state index is -0.443. The fourth-order valence-electron chi connectivity index (χ4n) is 2.97. The molecule has 2 aromatic carbocycles. The van der Waals surface area contributed by atoms with E-state index >= 15 is 0 Å². The molecule has 3 rings (SSSR count). The Balaban J connectivity index is 1.58. The summed E-state index contributed by atoms with van der Waals surface area (Å²) in [4.78, 5) is 36.8. The lowest BCUT2D eigenvalue weighted by atomic mass is 9.83. The highest BCUT2D eigenvalue weighted by atomic mass is 16.6. The molecule has 0 amide bonds. The number of anilines is 1. The minimum absolute atomic E-state index is 0.149. The van der Waals surface area contributed by atoms with Crippen LogP contribution in [-0.4, -0.2) is 43.9 Å². The molecule has 0 heterocycles. The molecule has 0 aliphatic heterocycles. The largest absolute Gasteiger partial charge is 0.460 e. The van der Waals surface area contributed by atoms with E-state index in [1.807, 2.05) is 0 Å². The van der Waals surface area contributed by atoms with Gasteiger partial charge in [0, 0.05) is 34.5 Å². The smallest absolute Gasteiger partial charge is 0.333 e. The molecule has 28 heavy (non-hydrogen) atoms. The molecule has 1 aliphatic carbocycles. The number of nitrogens with one attached hydrogen (secondary N) is 1. The average Bonchev–Trinajstić information content (AvgIpc) is 2.70. The Morgan fingerprint density at radius 1 is 0.929 bits per heavy atom. The SMILES string of the molecule is C=C(C)C(=O)OCCOCCNc1cccc2c1C(=O)c1ccccc1C2=O. The molecule has 0 atom stereocenters. The lowest BCUT2D eigenvalue weighted by Gasteiger charge is -2.20. The van der Waals surface area contributed by atoms with Crippen molar-refractivity contribution < 1.29 is 23.9 Å². The number of fused-ring (bicyclic) bond motifs is 2. The molecule has 0 saturated carbocycles. The predicted octanol–water partition coefficient (Wildman–Crippen LogP) is 3.01. The summed E-state index contributed by atoms with van der Waals surface area (Å²) < 4.78 is 10.3. The van der Waals surface area contributed by atoms with Crippen LogP contribution in [0.5, 0.6) is 0 Å². The second-order valence-electron chi connectivity index (χ2n) is 6.39. The van der Waals surface area contributed by atoms with Crippen LogP contribution < -0.4 is 5.32 Å².